The zero-order valence-corrected chi connectivity index (χ0v) is 30.0. The lowest BCUT2D eigenvalue weighted by molar-refractivity contribution is 0.415. The topological polar surface area (TPSA) is 18.5 Å². The molecule has 0 atom stereocenters. The van der Waals surface area contributed by atoms with Crippen molar-refractivity contribution in [1.82, 2.24) is 0 Å². The van der Waals surface area contributed by atoms with Gasteiger partial charge in [0.1, 0.15) is 11.5 Å². The number of hydrogen-bond donors (Lipinski definition) is 0. The number of benzene rings is 6. The Bertz CT molecular complexity index is 2440. The van der Waals surface area contributed by atoms with Crippen molar-refractivity contribution in [3.05, 3.63) is 185 Å². The number of fused-ring (bicyclic) bond motifs is 2. The molecule has 2 nitrogen and oxygen atoms in total. The van der Waals surface area contributed by atoms with Crippen LogP contribution in [-0.2, 0) is 0 Å². The Balaban J connectivity index is 1.28. The smallest absolute Gasteiger partial charge is 0.239 e. The quantitative estimate of drug-likeness (QED) is 0.147. The molecule has 8 rings (SSSR count). The third-order valence-corrected chi connectivity index (χ3v) is 11.4. The van der Waals surface area contributed by atoms with Gasteiger partial charge in [0.15, 0.2) is 0 Å². The third-order valence-electron chi connectivity index (χ3n) is 9.11. The Morgan fingerprint density at radius 3 is 2.02 bits per heavy atom. The van der Waals surface area contributed by atoms with E-state index in [1.54, 1.807) is 14.2 Å². The molecule has 0 spiro atoms. The van der Waals surface area contributed by atoms with E-state index in [1.807, 2.05) is 41.3 Å². The predicted molar refractivity (Wildman–Crippen MR) is 219 cm³/mol. The molecule has 246 valence electrons. The van der Waals surface area contributed by atoms with Crippen molar-refractivity contribution in [3.63, 3.8) is 0 Å². The van der Waals surface area contributed by atoms with E-state index in [4.69, 9.17) is 9.47 Å². The molecule has 7 aromatic rings. The number of allylic oxidation sites excluding steroid dienone is 3. The lowest BCUT2D eigenvalue weighted by Crippen LogP contribution is -1.96. The normalized spacial score (nSPS) is 13.3. The Labute approximate surface area is 307 Å². The van der Waals surface area contributed by atoms with Crippen molar-refractivity contribution >= 4 is 50.9 Å². The summed E-state index contributed by atoms with van der Waals surface area (Å²) in [7, 11) is 3.45. The molecular formula is C47H35O2S2+. The maximum absolute atomic E-state index is 5.81. The van der Waals surface area contributed by atoms with Crippen LogP contribution < -0.4 is 9.47 Å². The Morgan fingerprint density at radius 1 is 0.588 bits per heavy atom. The highest BCUT2D eigenvalue weighted by molar-refractivity contribution is 8.03. The van der Waals surface area contributed by atoms with Gasteiger partial charge in [0.05, 0.1) is 19.8 Å². The lowest BCUT2D eigenvalue weighted by Gasteiger charge is -2.20. The molecule has 6 aromatic carbocycles. The summed E-state index contributed by atoms with van der Waals surface area (Å²) < 4.78 is 12.6. The van der Waals surface area contributed by atoms with E-state index in [0.717, 1.165) is 33.8 Å². The minimum absolute atomic E-state index is 0.845. The molecule has 0 aliphatic carbocycles. The van der Waals surface area contributed by atoms with Gasteiger partial charge in [0, 0.05) is 38.5 Å². The Hall–Kier alpha value is -5.68. The molecular weight excluding hydrogens is 661 g/mol. The second-order valence-electron chi connectivity index (χ2n) is 12.2. The number of ether oxygens (including phenoxy) is 2. The highest BCUT2D eigenvalue weighted by Crippen LogP contribution is 2.47. The van der Waals surface area contributed by atoms with Crippen LogP contribution in [-0.4, -0.2) is 14.2 Å². The Morgan fingerprint density at radius 2 is 1.25 bits per heavy atom. The van der Waals surface area contributed by atoms with Crippen LogP contribution in [0.1, 0.15) is 16.0 Å². The van der Waals surface area contributed by atoms with E-state index in [0.29, 0.717) is 0 Å². The molecule has 1 aliphatic heterocycles. The number of thioether (sulfide) groups is 1. The van der Waals surface area contributed by atoms with E-state index < -0.39 is 0 Å². The standard InChI is InChI=1S/C47H35O2S2/c1-48-37-27-24-34(25-28-37)46-38-19-10-12-21-43(38)51-45(47(46)33-16-7-4-8-17-33)23-13-22-44-40(31-36-18-9-11-20-42(36)50-44)35-26-29-41(49-2)39(30-35)32-14-5-3-6-15-32/h3-31H,1-2H3/q+1. The van der Waals surface area contributed by atoms with E-state index in [2.05, 4.69) is 158 Å². The van der Waals surface area contributed by atoms with Gasteiger partial charge in [-0.2, -0.15) is 0 Å². The molecule has 51 heavy (non-hydrogen) atoms. The van der Waals surface area contributed by atoms with Crippen LogP contribution >= 0.6 is 23.1 Å². The van der Waals surface area contributed by atoms with Crippen molar-refractivity contribution in [2.75, 3.05) is 14.2 Å². The van der Waals surface area contributed by atoms with Gasteiger partial charge in [-0.25, -0.2) is 0 Å². The molecule has 0 amide bonds. The average Bonchev–Trinajstić information content (AvgIpc) is 3.20. The van der Waals surface area contributed by atoms with Crippen LogP contribution in [0.3, 0.4) is 0 Å². The molecule has 4 heteroatoms. The maximum atomic E-state index is 5.81. The molecule has 0 saturated heterocycles. The van der Waals surface area contributed by atoms with Crippen LogP contribution in [0.25, 0.3) is 61.2 Å². The van der Waals surface area contributed by atoms with E-state index in [9.17, 15) is 0 Å². The van der Waals surface area contributed by atoms with Crippen LogP contribution in [0, 0.1) is 0 Å². The molecule has 0 unspecified atom stereocenters. The second kappa shape index (κ2) is 14.7. The zero-order chi connectivity index (χ0) is 34.6. The van der Waals surface area contributed by atoms with Gasteiger partial charge in [-0.3, -0.25) is 0 Å². The molecule has 1 aliphatic rings. The van der Waals surface area contributed by atoms with Crippen molar-refractivity contribution in [3.8, 4) is 44.9 Å². The fourth-order valence-electron chi connectivity index (χ4n) is 6.64. The molecule has 0 N–H and O–H groups in total. The third kappa shape index (κ3) is 6.64. The van der Waals surface area contributed by atoms with Crippen molar-refractivity contribution in [1.29, 1.82) is 0 Å². The van der Waals surface area contributed by atoms with Crippen molar-refractivity contribution < 1.29 is 9.47 Å². The van der Waals surface area contributed by atoms with Crippen LogP contribution in [0.4, 0.5) is 0 Å². The molecule has 2 heterocycles. The second-order valence-corrected chi connectivity index (χ2v) is 14.3. The Kier molecular flexibility index (Phi) is 9.35. The van der Waals surface area contributed by atoms with E-state index in [1.165, 1.54) is 52.6 Å². The van der Waals surface area contributed by atoms with E-state index >= 15 is 0 Å². The summed E-state index contributed by atoms with van der Waals surface area (Å²) in [6.07, 6.45) is 9.08. The van der Waals surface area contributed by atoms with Gasteiger partial charge in [-0.1, -0.05) is 127 Å². The summed E-state index contributed by atoms with van der Waals surface area (Å²) in [5, 5.41) is 1.24. The van der Waals surface area contributed by atoms with Gasteiger partial charge in [0.2, 0.25) is 20.9 Å². The maximum Gasteiger partial charge on any atom is 0.239 e. The number of methoxy groups -OCH3 is 2. The summed E-state index contributed by atoms with van der Waals surface area (Å²) in [4.78, 5) is 3.64. The first-order valence-corrected chi connectivity index (χ1v) is 18.5. The first kappa shape index (κ1) is 32.5. The molecule has 0 fully saturated rings. The lowest BCUT2D eigenvalue weighted by atomic mass is 9.92. The molecule has 1 aromatic heterocycles. The van der Waals surface area contributed by atoms with Crippen LogP contribution in [0.2, 0.25) is 0 Å². The van der Waals surface area contributed by atoms with E-state index in [-0.39, 0.29) is 0 Å². The largest absolute Gasteiger partial charge is 0.497 e. The minimum atomic E-state index is 0.845. The molecule has 0 bridgehead atoms. The monoisotopic (exact) mass is 695 g/mol. The highest BCUT2D eigenvalue weighted by atomic mass is 32.2. The van der Waals surface area contributed by atoms with Gasteiger partial charge in [-0.15, -0.1) is 0 Å². The summed E-state index contributed by atoms with van der Waals surface area (Å²) >= 11 is 3.64. The number of rotatable bonds is 8. The first-order chi connectivity index (χ1) is 25.2. The fourth-order valence-corrected chi connectivity index (χ4v) is 8.83. The van der Waals surface area contributed by atoms with Crippen molar-refractivity contribution in [2.45, 2.75) is 4.90 Å². The molecule has 0 radical (unpaired) electrons. The molecule has 0 saturated carbocycles. The van der Waals surface area contributed by atoms with Crippen LogP contribution in [0.5, 0.6) is 11.5 Å². The summed E-state index contributed by atoms with van der Waals surface area (Å²) in [6, 6.07) is 53.5. The van der Waals surface area contributed by atoms with Gasteiger partial charge in [-0.05, 0) is 81.9 Å². The van der Waals surface area contributed by atoms with Crippen molar-refractivity contribution in [2.24, 2.45) is 0 Å². The predicted octanol–water partition coefficient (Wildman–Crippen LogP) is 13.4. The van der Waals surface area contributed by atoms with Gasteiger partial charge < -0.3 is 9.47 Å². The zero-order valence-electron chi connectivity index (χ0n) is 28.4. The highest BCUT2D eigenvalue weighted by Gasteiger charge is 2.25. The summed E-state index contributed by atoms with van der Waals surface area (Å²) in [5.41, 5.74) is 10.6. The average molecular weight is 696 g/mol. The summed E-state index contributed by atoms with van der Waals surface area (Å²) in [5.74, 6) is 1.71. The summed E-state index contributed by atoms with van der Waals surface area (Å²) in [6.45, 7) is 0. The first-order valence-electron chi connectivity index (χ1n) is 16.9. The van der Waals surface area contributed by atoms with Gasteiger partial charge >= 0.3 is 0 Å². The fraction of sp³-hybridized carbons (Fsp3) is 0.0426. The SMILES string of the molecule is COc1ccc(-c2c(-c3ccccc3)c(C=CC=C3Sc4ccccc4C=C3c3ccc(OC)c(-c4ccccc4)c3)[s+]c3ccccc23)cc1. The number of hydrogen-bond acceptors (Lipinski definition) is 3. The minimum Gasteiger partial charge on any atom is -0.497 e. The van der Waals surface area contributed by atoms with Gasteiger partial charge in [0.25, 0.3) is 0 Å². The van der Waals surface area contributed by atoms with Crippen LogP contribution in [0.15, 0.2) is 174 Å².